The smallest absolute Gasteiger partial charge is 0.253 e. The molecule has 1 aromatic heterocycles. The Morgan fingerprint density at radius 2 is 2.24 bits per heavy atom. The molecular formula is C15H16N4O2. The maximum Gasteiger partial charge on any atom is 0.253 e. The van der Waals surface area contributed by atoms with E-state index in [0.717, 1.165) is 12.2 Å². The van der Waals surface area contributed by atoms with Crippen LogP contribution in [0.4, 0.5) is 5.69 Å². The molecule has 0 saturated heterocycles. The molecule has 0 spiro atoms. The van der Waals surface area contributed by atoms with Gasteiger partial charge in [-0.05, 0) is 17.7 Å². The van der Waals surface area contributed by atoms with Crippen molar-refractivity contribution in [3.05, 3.63) is 53.9 Å². The zero-order valence-electron chi connectivity index (χ0n) is 11.4. The molecule has 6 heteroatoms. The average molecular weight is 284 g/mol. The molecule has 0 fully saturated rings. The monoisotopic (exact) mass is 284 g/mol. The summed E-state index contributed by atoms with van der Waals surface area (Å²) in [7, 11) is 0. The second kappa shape index (κ2) is 5.80. The Kier molecular flexibility index (Phi) is 3.70. The summed E-state index contributed by atoms with van der Waals surface area (Å²) in [6.07, 6.45) is 3.83. The summed E-state index contributed by atoms with van der Waals surface area (Å²) < 4.78 is 5.78. The van der Waals surface area contributed by atoms with Crippen molar-refractivity contribution in [1.82, 2.24) is 10.3 Å². The van der Waals surface area contributed by atoms with Crippen molar-refractivity contribution in [2.75, 3.05) is 12.0 Å². The van der Waals surface area contributed by atoms with Crippen LogP contribution in [-0.4, -0.2) is 23.5 Å². The van der Waals surface area contributed by atoms with Gasteiger partial charge in [-0.15, -0.1) is 0 Å². The first-order valence-electron chi connectivity index (χ1n) is 6.71. The number of ether oxygens (including phenoxy) is 1. The van der Waals surface area contributed by atoms with Gasteiger partial charge in [-0.2, -0.15) is 0 Å². The number of benzene rings is 1. The lowest BCUT2D eigenvalue weighted by molar-refractivity contribution is 0.0934. The lowest BCUT2D eigenvalue weighted by Crippen LogP contribution is -2.35. The molecular weight excluding hydrogens is 268 g/mol. The van der Waals surface area contributed by atoms with Crippen molar-refractivity contribution in [3.8, 4) is 5.75 Å². The fourth-order valence-electron chi connectivity index (χ4n) is 2.38. The third kappa shape index (κ3) is 2.80. The molecule has 0 bridgehead atoms. The zero-order chi connectivity index (χ0) is 14.7. The lowest BCUT2D eigenvalue weighted by Gasteiger charge is -2.13. The van der Waals surface area contributed by atoms with Gasteiger partial charge >= 0.3 is 0 Å². The number of nitrogens with zero attached hydrogens (tertiary/aromatic N) is 1. The molecule has 3 rings (SSSR count). The highest BCUT2D eigenvalue weighted by molar-refractivity contribution is 5.99. The van der Waals surface area contributed by atoms with E-state index in [-0.39, 0.29) is 12.0 Å². The summed E-state index contributed by atoms with van der Waals surface area (Å²) in [4.78, 5) is 16.1. The molecule has 4 N–H and O–H groups in total. The van der Waals surface area contributed by atoms with Crippen molar-refractivity contribution in [3.63, 3.8) is 0 Å². The summed E-state index contributed by atoms with van der Waals surface area (Å²) in [5.41, 5.74) is 4.59. The van der Waals surface area contributed by atoms with Gasteiger partial charge in [0.2, 0.25) is 0 Å². The Bertz CT molecular complexity index is 635. The number of rotatable bonds is 4. The largest absolute Gasteiger partial charge is 0.488 e. The van der Waals surface area contributed by atoms with Crippen molar-refractivity contribution in [2.45, 2.75) is 12.5 Å². The molecule has 0 radical (unpaired) electrons. The van der Waals surface area contributed by atoms with E-state index in [9.17, 15) is 4.79 Å². The maximum absolute atomic E-state index is 12.2. The van der Waals surface area contributed by atoms with E-state index < -0.39 is 0 Å². The molecule has 2 heterocycles. The number of carbonyl (C=O) groups is 1. The SMILES string of the molecule is NNc1cnccc1C(=O)NCC1Cc2ccccc2O1. The normalized spacial score (nSPS) is 16.0. The predicted octanol–water partition coefficient (Wildman–Crippen LogP) is 1.10. The molecule has 1 unspecified atom stereocenters. The number of nitrogens with one attached hydrogen (secondary N) is 2. The number of pyridine rings is 1. The number of fused-ring (bicyclic) bond motifs is 1. The highest BCUT2D eigenvalue weighted by atomic mass is 16.5. The Labute approximate surface area is 122 Å². The quantitative estimate of drug-likeness (QED) is 0.578. The minimum Gasteiger partial charge on any atom is -0.488 e. The average Bonchev–Trinajstić information content (AvgIpc) is 2.95. The van der Waals surface area contributed by atoms with E-state index in [1.165, 1.54) is 11.8 Å². The molecule has 1 atom stereocenters. The molecule has 6 nitrogen and oxygen atoms in total. The minimum absolute atomic E-state index is 0.0394. The van der Waals surface area contributed by atoms with Crippen LogP contribution in [0, 0.1) is 0 Å². The van der Waals surface area contributed by atoms with Crippen LogP contribution in [0.3, 0.4) is 0 Å². The second-order valence-corrected chi connectivity index (χ2v) is 4.83. The molecule has 21 heavy (non-hydrogen) atoms. The van der Waals surface area contributed by atoms with Crippen LogP contribution in [-0.2, 0) is 6.42 Å². The third-order valence-electron chi connectivity index (χ3n) is 3.43. The number of aromatic nitrogens is 1. The van der Waals surface area contributed by atoms with Gasteiger partial charge in [0.1, 0.15) is 11.9 Å². The first kappa shape index (κ1) is 13.4. The van der Waals surface area contributed by atoms with E-state index in [0.29, 0.717) is 17.8 Å². The van der Waals surface area contributed by atoms with Crippen LogP contribution in [0.1, 0.15) is 15.9 Å². The maximum atomic E-state index is 12.2. The van der Waals surface area contributed by atoms with Crippen molar-refractivity contribution in [1.29, 1.82) is 0 Å². The van der Waals surface area contributed by atoms with Gasteiger partial charge in [0.25, 0.3) is 5.91 Å². The molecule has 1 aromatic carbocycles. The van der Waals surface area contributed by atoms with Gasteiger partial charge in [0, 0.05) is 12.6 Å². The van der Waals surface area contributed by atoms with E-state index in [1.807, 2.05) is 24.3 Å². The Morgan fingerprint density at radius 1 is 1.38 bits per heavy atom. The van der Waals surface area contributed by atoms with Gasteiger partial charge < -0.3 is 15.5 Å². The predicted molar refractivity (Wildman–Crippen MR) is 78.9 cm³/mol. The third-order valence-corrected chi connectivity index (χ3v) is 3.43. The van der Waals surface area contributed by atoms with E-state index >= 15 is 0 Å². The van der Waals surface area contributed by atoms with Crippen LogP contribution < -0.4 is 21.3 Å². The summed E-state index contributed by atoms with van der Waals surface area (Å²) in [6, 6.07) is 9.52. The number of hydrazine groups is 1. The van der Waals surface area contributed by atoms with Gasteiger partial charge in [0.15, 0.2) is 0 Å². The van der Waals surface area contributed by atoms with Crippen LogP contribution in [0.5, 0.6) is 5.75 Å². The summed E-state index contributed by atoms with van der Waals surface area (Å²) in [6.45, 7) is 0.444. The number of hydrogen-bond donors (Lipinski definition) is 3. The van der Waals surface area contributed by atoms with Crippen LogP contribution >= 0.6 is 0 Å². The van der Waals surface area contributed by atoms with Gasteiger partial charge in [-0.25, -0.2) is 0 Å². The van der Waals surface area contributed by atoms with Crippen molar-refractivity contribution in [2.24, 2.45) is 5.84 Å². The number of anilines is 1. The van der Waals surface area contributed by atoms with Crippen LogP contribution in [0.2, 0.25) is 0 Å². The highest BCUT2D eigenvalue weighted by Crippen LogP contribution is 2.27. The van der Waals surface area contributed by atoms with E-state index in [1.54, 1.807) is 12.3 Å². The summed E-state index contributed by atoms with van der Waals surface area (Å²) in [5, 5.41) is 2.86. The second-order valence-electron chi connectivity index (χ2n) is 4.83. The Morgan fingerprint density at radius 3 is 3.05 bits per heavy atom. The molecule has 0 aliphatic carbocycles. The Balaban J connectivity index is 1.60. The molecule has 0 saturated carbocycles. The number of nitrogen functional groups attached to an aromatic ring is 1. The number of para-hydroxylation sites is 1. The minimum atomic E-state index is -0.204. The standard InChI is InChI=1S/C15H16N4O2/c16-19-13-9-17-6-5-12(13)15(20)18-8-11-7-10-3-1-2-4-14(10)21-11/h1-6,9,11,19H,7-8,16H2,(H,18,20). The fraction of sp³-hybridized carbons (Fsp3) is 0.200. The van der Waals surface area contributed by atoms with Gasteiger partial charge in [-0.3, -0.25) is 15.6 Å². The fourth-order valence-corrected chi connectivity index (χ4v) is 2.38. The number of hydrogen-bond acceptors (Lipinski definition) is 5. The summed E-state index contributed by atoms with van der Waals surface area (Å²) in [5.74, 6) is 6.06. The van der Waals surface area contributed by atoms with E-state index in [2.05, 4.69) is 15.7 Å². The number of amides is 1. The van der Waals surface area contributed by atoms with Crippen molar-refractivity contribution >= 4 is 11.6 Å². The number of carbonyl (C=O) groups excluding carboxylic acids is 1. The topological polar surface area (TPSA) is 89.3 Å². The lowest BCUT2D eigenvalue weighted by atomic mass is 10.1. The first-order valence-corrected chi connectivity index (χ1v) is 6.71. The van der Waals surface area contributed by atoms with Crippen molar-refractivity contribution < 1.29 is 9.53 Å². The van der Waals surface area contributed by atoms with E-state index in [4.69, 9.17) is 10.6 Å². The first-order chi connectivity index (χ1) is 10.3. The van der Waals surface area contributed by atoms with Crippen LogP contribution in [0.25, 0.3) is 0 Å². The Hall–Kier alpha value is -2.60. The highest BCUT2D eigenvalue weighted by Gasteiger charge is 2.23. The van der Waals surface area contributed by atoms with Crippen LogP contribution in [0.15, 0.2) is 42.7 Å². The molecule has 1 aliphatic rings. The molecule has 2 aromatic rings. The van der Waals surface area contributed by atoms with Gasteiger partial charge in [0.05, 0.1) is 24.0 Å². The molecule has 108 valence electrons. The molecule has 1 aliphatic heterocycles. The molecule has 1 amide bonds. The number of nitrogens with two attached hydrogens (primary N) is 1. The zero-order valence-corrected chi connectivity index (χ0v) is 11.4. The van der Waals surface area contributed by atoms with Gasteiger partial charge in [-0.1, -0.05) is 18.2 Å². The summed E-state index contributed by atoms with van der Waals surface area (Å²) >= 11 is 0.